The average Bonchev–Trinajstić information content (AvgIpc) is 3.50. The van der Waals surface area contributed by atoms with Crippen LogP contribution in [0.15, 0.2) is 156 Å². The third-order valence-electron chi connectivity index (χ3n) is 8.10. The maximum absolute atomic E-state index is 8.10. The summed E-state index contributed by atoms with van der Waals surface area (Å²) >= 11 is 0. The van der Waals surface area contributed by atoms with Crippen LogP contribution < -0.4 is 5.19 Å². The van der Waals surface area contributed by atoms with Gasteiger partial charge in [-0.05, 0) is 44.7 Å². The maximum Gasteiger partial charge on any atom is 0.131 e. The summed E-state index contributed by atoms with van der Waals surface area (Å²) in [6.45, 7) is 6.70. The monoisotopic (exact) mass is 817 g/mol. The molecule has 0 saturated carbocycles. The van der Waals surface area contributed by atoms with E-state index in [4.69, 9.17) is 7.16 Å². The van der Waals surface area contributed by atoms with Crippen molar-refractivity contribution in [3.05, 3.63) is 164 Å². The summed E-state index contributed by atoms with van der Waals surface area (Å²) in [5.41, 5.74) is 9.54. The first-order chi connectivity index (χ1) is 23.7. The number of para-hydroxylation sites is 1. The number of pyridine rings is 2. The van der Waals surface area contributed by atoms with Crippen LogP contribution in [0.2, 0.25) is 19.6 Å². The van der Waals surface area contributed by atoms with E-state index in [-0.39, 0.29) is 20.1 Å². The van der Waals surface area contributed by atoms with Crippen LogP contribution in [0.5, 0.6) is 0 Å². The van der Waals surface area contributed by atoms with E-state index < -0.39 is 8.07 Å². The van der Waals surface area contributed by atoms with E-state index in [0.29, 0.717) is 12.1 Å². The van der Waals surface area contributed by atoms with E-state index in [9.17, 15) is 0 Å². The molecule has 3 heterocycles. The smallest absolute Gasteiger partial charge is 0.131 e. The molecule has 0 atom stereocenters. The molecule has 8 rings (SSSR count). The molecule has 0 aliphatic carbocycles. The zero-order valence-corrected chi connectivity index (χ0v) is 30.3. The Balaban J connectivity index is 0.000000204. The second-order valence-corrected chi connectivity index (χ2v) is 17.4. The molecule has 0 bridgehead atoms. The van der Waals surface area contributed by atoms with Gasteiger partial charge in [-0.15, -0.1) is 53.6 Å². The molecule has 0 saturated heterocycles. The van der Waals surface area contributed by atoms with Gasteiger partial charge in [0, 0.05) is 38.1 Å². The van der Waals surface area contributed by atoms with Gasteiger partial charge in [0.05, 0.1) is 16.4 Å². The molecule has 5 aromatic carbocycles. The van der Waals surface area contributed by atoms with E-state index in [0.717, 1.165) is 60.8 Å². The summed E-state index contributed by atoms with van der Waals surface area (Å²) in [6.07, 6.45) is 3.51. The van der Waals surface area contributed by atoms with Gasteiger partial charge in [0.25, 0.3) is 0 Å². The minimum Gasteiger partial charge on any atom is -0.476 e. The van der Waals surface area contributed by atoms with Crippen molar-refractivity contribution < 1.29 is 27.3 Å². The Labute approximate surface area is 299 Å². The van der Waals surface area contributed by atoms with Crippen molar-refractivity contribution >= 4 is 35.2 Å². The van der Waals surface area contributed by atoms with Crippen molar-refractivity contribution in [1.29, 1.82) is 0 Å². The molecule has 0 spiro atoms. The van der Waals surface area contributed by atoms with Crippen molar-refractivity contribution in [3.8, 4) is 44.8 Å². The second kappa shape index (κ2) is 14.5. The van der Waals surface area contributed by atoms with Gasteiger partial charge in [-0.3, -0.25) is 0 Å². The second-order valence-electron chi connectivity index (χ2n) is 12.4. The van der Waals surface area contributed by atoms with Gasteiger partial charge in [-0.1, -0.05) is 128 Å². The summed E-state index contributed by atoms with van der Waals surface area (Å²) in [5, 5.41) is 3.19. The molecule has 0 amide bonds. The third kappa shape index (κ3) is 7.14. The molecular weight excluding hydrogens is 781 g/mol. The third-order valence-corrected chi connectivity index (χ3v) is 9.99. The average molecular weight is 817 g/mol. The van der Waals surface area contributed by atoms with Gasteiger partial charge in [0.2, 0.25) is 0 Å². The van der Waals surface area contributed by atoms with E-state index in [1.807, 2.05) is 54.7 Å². The van der Waals surface area contributed by atoms with Crippen LogP contribution in [0, 0.1) is 12.1 Å². The van der Waals surface area contributed by atoms with Crippen molar-refractivity contribution in [2.24, 2.45) is 0 Å². The Bertz CT molecular complexity index is 2390. The number of hydrogen-bond acceptors (Lipinski definition) is 3. The molecule has 0 fully saturated rings. The van der Waals surface area contributed by atoms with E-state index in [2.05, 4.69) is 108 Å². The fourth-order valence-electron chi connectivity index (χ4n) is 5.52. The molecule has 3 nitrogen and oxygen atoms in total. The summed E-state index contributed by atoms with van der Waals surface area (Å²) in [6, 6.07) is 49.6. The fraction of sp³-hybridized carbons (Fsp3) is 0.0698. The molecule has 0 N–H and O–H groups in total. The number of nitrogens with zero attached hydrogens (tertiary/aromatic N) is 2. The van der Waals surface area contributed by atoms with Crippen LogP contribution in [-0.4, -0.2) is 18.0 Å². The molecule has 0 unspecified atom stereocenters. The molecule has 0 aliphatic rings. The number of fused-ring (bicyclic) bond motifs is 3. The van der Waals surface area contributed by atoms with Gasteiger partial charge in [0.15, 0.2) is 0 Å². The quantitative estimate of drug-likeness (QED) is 0.128. The minimum atomic E-state index is -1.46. The molecule has 5 heteroatoms. The molecule has 0 aliphatic heterocycles. The SMILES string of the molecule is [2H]c1cc(-c2[c-]cccc2)ncc1[Si](C)(C)C.[2H]c1ccnc(-c2[c-]cc3c(c2)oc2c(-c4ccc(-c5ccccc5)cc4)cccc23)c1.[Ir]. The van der Waals surface area contributed by atoms with Crippen molar-refractivity contribution in [1.82, 2.24) is 9.97 Å². The van der Waals surface area contributed by atoms with Crippen molar-refractivity contribution in [3.63, 3.8) is 0 Å². The van der Waals surface area contributed by atoms with Crippen LogP contribution in [-0.2, 0) is 20.1 Å². The molecule has 3 aromatic heterocycles. The maximum atomic E-state index is 8.10. The topological polar surface area (TPSA) is 38.9 Å². The number of hydrogen-bond donors (Lipinski definition) is 0. The summed E-state index contributed by atoms with van der Waals surface area (Å²) in [5.74, 6) is 0. The molecule has 48 heavy (non-hydrogen) atoms. The van der Waals surface area contributed by atoms with Crippen LogP contribution in [0.4, 0.5) is 0 Å². The molecule has 8 aromatic rings. The van der Waals surface area contributed by atoms with Crippen molar-refractivity contribution in [2.75, 3.05) is 0 Å². The van der Waals surface area contributed by atoms with Crippen molar-refractivity contribution in [2.45, 2.75) is 19.6 Å². The van der Waals surface area contributed by atoms with Crippen LogP contribution in [0.1, 0.15) is 2.74 Å². The molecule has 237 valence electrons. The van der Waals surface area contributed by atoms with Gasteiger partial charge >= 0.3 is 0 Å². The van der Waals surface area contributed by atoms with Gasteiger partial charge < -0.3 is 14.4 Å². The Kier molecular flexibility index (Phi) is 9.15. The first kappa shape index (κ1) is 30.4. The molecular formula is C43H34IrN2OSi-2. The fourth-order valence-corrected chi connectivity index (χ4v) is 6.48. The first-order valence-corrected chi connectivity index (χ1v) is 19.1. The van der Waals surface area contributed by atoms with Gasteiger partial charge in [-0.2, -0.15) is 0 Å². The van der Waals surface area contributed by atoms with Crippen LogP contribution in [0.25, 0.3) is 66.7 Å². The first-order valence-electron chi connectivity index (χ1n) is 16.6. The predicted octanol–water partition coefficient (Wildman–Crippen LogP) is 10.9. The normalized spacial score (nSPS) is 11.6. The largest absolute Gasteiger partial charge is 0.476 e. The van der Waals surface area contributed by atoms with E-state index in [1.165, 1.54) is 11.1 Å². The Morgan fingerprint density at radius 1 is 0.667 bits per heavy atom. The Morgan fingerprint density at radius 3 is 2.15 bits per heavy atom. The molecule has 1 radical (unpaired) electrons. The number of rotatable bonds is 5. The summed E-state index contributed by atoms with van der Waals surface area (Å²) in [7, 11) is -1.46. The zero-order chi connectivity index (χ0) is 34.0. The minimum absolute atomic E-state index is 0. The van der Waals surface area contributed by atoms with E-state index >= 15 is 0 Å². The Hall–Kier alpha value is -4.93. The van der Waals surface area contributed by atoms with E-state index in [1.54, 1.807) is 18.3 Å². The van der Waals surface area contributed by atoms with Gasteiger partial charge in [0.1, 0.15) is 5.58 Å². The number of benzene rings is 5. The van der Waals surface area contributed by atoms with Crippen LogP contribution >= 0.6 is 0 Å². The summed E-state index contributed by atoms with van der Waals surface area (Å²) in [4.78, 5) is 8.84. The standard InChI is InChI=1S/C29H18NO.C14H16NSi.Ir/c1-2-7-20(8-3-1)21-12-14-22(15-13-21)24-9-6-10-26-25-17-16-23(19-28(25)31-29(24)26)27-11-4-5-18-30-27;1-16(2,3)13-9-10-14(15-11-13)12-7-5-4-6-8-12;/h1-15,17-19H;4-7,9-11H,1-3H3;/q2*-1;/i4D;9D;. The number of aromatic nitrogens is 2. The zero-order valence-electron chi connectivity index (χ0n) is 28.9. The summed E-state index contributed by atoms with van der Waals surface area (Å²) < 4.78 is 22.3. The predicted molar refractivity (Wildman–Crippen MR) is 198 cm³/mol. The Morgan fingerprint density at radius 2 is 1.42 bits per heavy atom. The number of furan rings is 1. The van der Waals surface area contributed by atoms with Gasteiger partial charge in [-0.25, -0.2) is 0 Å². The van der Waals surface area contributed by atoms with Crippen LogP contribution in [0.3, 0.4) is 0 Å².